The Kier molecular flexibility index (Phi) is 2.69. The minimum atomic E-state index is 0.481. The molecule has 1 aromatic carbocycles. The van der Waals surface area contributed by atoms with Gasteiger partial charge in [-0.25, -0.2) is 0 Å². The van der Waals surface area contributed by atoms with Crippen molar-refractivity contribution < 1.29 is 0 Å². The molecule has 4 heteroatoms. The van der Waals surface area contributed by atoms with E-state index in [1.807, 2.05) is 19.1 Å². The Labute approximate surface area is 100 Å². The van der Waals surface area contributed by atoms with Gasteiger partial charge in [0.1, 0.15) is 0 Å². The molecule has 2 aromatic rings. The van der Waals surface area contributed by atoms with Gasteiger partial charge in [-0.15, -0.1) is 0 Å². The molecule has 14 heavy (non-hydrogen) atoms. The van der Waals surface area contributed by atoms with E-state index in [0.29, 0.717) is 10.0 Å². The van der Waals surface area contributed by atoms with Crippen LogP contribution in [0, 0.1) is 6.92 Å². The Morgan fingerprint density at radius 3 is 2.71 bits per heavy atom. The SMILES string of the molecule is Cc1ccc2c(Cl)c(Cl)cnc2c1Br. The minimum absolute atomic E-state index is 0.481. The van der Waals surface area contributed by atoms with Crippen molar-refractivity contribution in [3.05, 3.63) is 38.4 Å². The van der Waals surface area contributed by atoms with Crippen LogP contribution < -0.4 is 0 Å². The third-order valence-corrected chi connectivity index (χ3v) is 3.85. The topological polar surface area (TPSA) is 12.9 Å². The molecule has 72 valence electrons. The fourth-order valence-electron chi connectivity index (χ4n) is 1.28. The normalized spacial score (nSPS) is 10.9. The first-order chi connectivity index (χ1) is 6.61. The molecule has 2 rings (SSSR count). The summed E-state index contributed by atoms with van der Waals surface area (Å²) in [6.45, 7) is 2.01. The van der Waals surface area contributed by atoms with Gasteiger partial charge in [0.15, 0.2) is 0 Å². The van der Waals surface area contributed by atoms with Gasteiger partial charge >= 0.3 is 0 Å². The molecule has 0 aliphatic rings. The minimum Gasteiger partial charge on any atom is -0.253 e. The lowest BCUT2D eigenvalue weighted by Gasteiger charge is -2.05. The van der Waals surface area contributed by atoms with E-state index < -0.39 is 0 Å². The lowest BCUT2D eigenvalue weighted by Crippen LogP contribution is -1.85. The Morgan fingerprint density at radius 2 is 2.00 bits per heavy atom. The maximum absolute atomic E-state index is 6.06. The molecule has 0 fully saturated rings. The highest BCUT2D eigenvalue weighted by Gasteiger charge is 2.08. The molecule has 0 aliphatic carbocycles. The van der Waals surface area contributed by atoms with Gasteiger partial charge in [0.2, 0.25) is 0 Å². The molecule has 0 unspecified atom stereocenters. The molecule has 0 spiro atoms. The monoisotopic (exact) mass is 289 g/mol. The molecule has 1 aromatic heterocycles. The zero-order valence-electron chi connectivity index (χ0n) is 7.31. The summed E-state index contributed by atoms with van der Waals surface area (Å²) in [4.78, 5) is 4.24. The maximum atomic E-state index is 6.06. The quantitative estimate of drug-likeness (QED) is 0.690. The number of halogens is 3. The van der Waals surface area contributed by atoms with Crippen molar-refractivity contribution in [3.8, 4) is 0 Å². The Morgan fingerprint density at radius 1 is 1.29 bits per heavy atom. The highest BCUT2D eigenvalue weighted by molar-refractivity contribution is 9.10. The van der Waals surface area contributed by atoms with Crippen LogP contribution in [-0.2, 0) is 0 Å². The van der Waals surface area contributed by atoms with Crippen molar-refractivity contribution >= 4 is 50.0 Å². The lowest BCUT2D eigenvalue weighted by atomic mass is 10.1. The first-order valence-corrected chi connectivity index (χ1v) is 5.55. The van der Waals surface area contributed by atoms with E-state index in [4.69, 9.17) is 23.2 Å². The fraction of sp³-hybridized carbons (Fsp3) is 0.100. The van der Waals surface area contributed by atoms with Gasteiger partial charge < -0.3 is 0 Å². The van der Waals surface area contributed by atoms with Crippen LogP contribution in [0.5, 0.6) is 0 Å². The second-order valence-corrected chi connectivity index (χ2v) is 4.59. The van der Waals surface area contributed by atoms with Gasteiger partial charge in [0, 0.05) is 16.1 Å². The zero-order chi connectivity index (χ0) is 10.3. The summed E-state index contributed by atoms with van der Waals surface area (Å²) < 4.78 is 0.966. The number of fused-ring (bicyclic) bond motifs is 1. The van der Waals surface area contributed by atoms with Gasteiger partial charge in [-0.1, -0.05) is 35.3 Å². The van der Waals surface area contributed by atoms with Crippen molar-refractivity contribution in [3.63, 3.8) is 0 Å². The number of hydrogen-bond donors (Lipinski definition) is 0. The second-order valence-electron chi connectivity index (χ2n) is 3.01. The first kappa shape index (κ1) is 10.2. The number of pyridine rings is 1. The number of benzene rings is 1. The third-order valence-electron chi connectivity index (χ3n) is 2.06. The van der Waals surface area contributed by atoms with Crippen LogP contribution in [0.2, 0.25) is 10.0 Å². The Bertz CT molecular complexity index is 464. The standard InChI is InChI=1S/C10H6BrCl2N/c1-5-2-3-6-9(13)7(12)4-14-10(6)8(5)11/h2-4H,1H3. The largest absolute Gasteiger partial charge is 0.253 e. The van der Waals surface area contributed by atoms with Crippen LogP contribution in [0.3, 0.4) is 0 Å². The van der Waals surface area contributed by atoms with E-state index in [1.165, 1.54) is 0 Å². The summed E-state index contributed by atoms with van der Waals surface area (Å²) in [5.41, 5.74) is 1.97. The lowest BCUT2D eigenvalue weighted by molar-refractivity contribution is 1.37. The molecule has 0 aliphatic heterocycles. The van der Waals surface area contributed by atoms with Crippen molar-refractivity contribution in [1.82, 2.24) is 4.98 Å². The highest BCUT2D eigenvalue weighted by Crippen LogP contribution is 2.33. The van der Waals surface area contributed by atoms with Crippen LogP contribution in [0.15, 0.2) is 22.8 Å². The van der Waals surface area contributed by atoms with E-state index in [0.717, 1.165) is 20.9 Å². The third kappa shape index (κ3) is 1.52. The van der Waals surface area contributed by atoms with Gasteiger partial charge in [0.25, 0.3) is 0 Å². The second kappa shape index (κ2) is 3.69. The summed E-state index contributed by atoms with van der Waals surface area (Å²) in [7, 11) is 0. The van der Waals surface area contributed by atoms with Crippen molar-refractivity contribution in [2.45, 2.75) is 6.92 Å². The van der Waals surface area contributed by atoms with E-state index in [1.54, 1.807) is 6.20 Å². The smallest absolute Gasteiger partial charge is 0.0862 e. The molecule has 0 amide bonds. The number of aromatic nitrogens is 1. The first-order valence-electron chi connectivity index (χ1n) is 4.00. The molecular formula is C10H6BrCl2N. The summed E-state index contributed by atoms with van der Waals surface area (Å²) in [5.74, 6) is 0. The average molecular weight is 291 g/mol. The number of nitrogens with zero attached hydrogens (tertiary/aromatic N) is 1. The van der Waals surface area contributed by atoms with Crippen molar-refractivity contribution in [2.75, 3.05) is 0 Å². The highest BCUT2D eigenvalue weighted by atomic mass is 79.9. The molecule has 0 saturated heterocycles. The van der Waals surface area contributed by atoms with E-state index >= 15 is 0 Å². The molecule has 0 saturated carbocycles. The van der Waals surface area contributed by atoms with Crippen molar-refractivity contribution in [2.24, 2.45) is 0 Å². The number of hydrogen-bond acceptors (Lipinski definition) is 1. The molecule has 0 N–H and O–H groups in total. The molecule has 0 atom stereocenters. The molecule has 1 nitrogen and oxygen atoms in total. The number of rotatable bonds is 0. The van der Waals surface area contributed by atoms with Gasteiger partial charge in [0.05, 0.1) is 15.6 Å². The summed E-state index contributed by atoms with van der Waals surface area (Å²) in [6, 6.07) is 3.91. The van der Waals surface area contributed by atoms with Crippen LogP contribution in [0.1, 0.15) is 5.56 Å². The molecular weight excluding hydrogens is 285 g/mol. The van der Waals surface area contributed by atoms with Crippen molar-refractivity contribution in [1.29, 1.82) is 0 Å². The summed E-state index contributed by atoms with van der Waals surface area (Å²) in [5, 5.41) is 1.91. The summed E-state index contributed by atoms with van der Waals surface area (Å²) >= 11 is 15.4. The fourth-order valence-corrected chi connectivity index (χ4v) is 2.08. The molecule has 1 heterocycles. The van der Waals surface area contributed by atoms with Gasteiger partial charge in [-0.3, -0.25) is 4.98 Å². The van der Waals surface area contributed by atoms with E-state index in [9.17, 15) is 0 Å². The Hall–Kier alpha value is -0.310. The van der Waals surface area contributed by atoms with Crippen LogP contribution in [0.4, 0.5) is 0 Å². The Balaban J connectivity index is 2.94. The molecule has 0 bridgehead atoms. The van der Waals surface area contributed by atoms with E-state index in [2.05, 4.69) is 20.9 Å². The predicted octanol–water partition coefficient (Wildman–Crippen LogP) is 4.61. The van der Waals surface area contributed by atoms with Crippen LogP contribution in [0.25, 0.3) is 10.9 Å². The number of aryl methyl sites for hydroxylation is 1. The van der Waals surface area contributed by atoms with E-state index in [-0.39, 0.29) is 0 Å². The maximum Gasteiger partial charge on any atom is 0.0862 e. The zero-order valence-corrected chi connectivity index (χ0v) is 10.4. The van der Waals surface area contributed by atoms with Gasteiger partial charge in [-0.2, -0.15) is 0 Å². The summed E-state index contributed by atoms with van der Waals surface area (Å²) in [6.07, 6.45) is 1.57. The van der Waals surface area contributed by atoms with Gasteiger partial charge in [-0.05, 0) is 28.4 Å². The van der Waals surface area contributed by atoms with Crippen LogP contribution in [-0.4, -0.2) is 4.98 Å². The van der Waals surface area contributed by atoms with Crippen LogP contribution >= 0.6 is 39.1 Å². The molecule has 0 radical (unpaired) electrons. The predicted molar refractivity (Wildman–Crippen MR) is 64.2 cm³/mol. The average Bonchev–Trinajstić information content (AvgIpc) is 2.17.